The standard InChI is InChI=1S/C18H27N3O2S.HI/c1-22-13-3-2-10-19-18(20-11-8-16-6-4-14-23-16)21-12-9-17-7-5-15-24-17;/h4-7,14-15H,2-3,8-13H2,1H3,(H2,19,20,21);1H. The average Bonchev–Trinajstić information content (AvgIpc) is 3.28. The molecule has 2 aromatic rings. The molecule has 5 nitrogen and oxygen atoms in total. The smallest absolute Gasteiger partial charge is 0.191 e. The highest BCUT2D eigenvalue weighted by Gasteiger charge is 2.01. The summed E-state index contributed by atoms with van der Waals surface area (Å²) in [4.78, 5) is 6.03. The van der Waals surface area contributed by atoms with Crippen LogP contribution in [0.15, 0.2) is 45.3 Å². The molecule has 2 N–H and O–H groups in total. The quantitative estimate of drug-likeness (QED) is 0.224. The first kappa shape index (κ1) is 22.0. The Kier molecular flexibility index (Phi) is 12.4. The van der Waals surface area contributed by atoms with Gasteiger partial charge in [-0.05, 0) is 42.8 Å². The number of halogens is 1. The van der Waals surface area contributed by atoms with Crippen molar-refractivity contribution < 1.29 is 9.15 Å². The lowest BCUT2D eigenvalue weighted by Crippen LogP contribution is -2.39. The Labute approximate surface area is 171 Å². The Morgan fingerprint density at radius 3 is 2.68 bits per heavy atom. The van der Waals surface area contributed by atoms with Crippen LogP contribution in [0.25, 0.3) is 0 Å². The van der Waals surface area contributed by atoms with Crippen LogP contribution in [0.1, 0.15) is 23.5 Å². The fourth-order valence-electron chi connectivity index (χ4n) is 2.24. The summed E-state index contributed by atoms with van der Waals surface area (Å²) in [7, 11) is 1.73. The summed E-state index contributed by atoms with van der Waals surface area (Å²) >= 11 is 1.79. The lowest BCUT2D eigenvalue weighted by Gasteiger charge is -2.12. The number of aliphatic imine (C=N–C) groups is 1. The molecule has 140 valence electrons. The minimum absolute atomic E-state index is 0. The molecule has 0 unspecified atom stereocenters. The van der Waals surface area contributed by atoms with Gasteiger partial charge in [-0.25, -0.2) is 0 Å². The molecule has 0 aliphatic rings. The Bertz CT molecular complexity index is 517. The van der Waals surface area contributed by atoms with E-state index in [4.69, 9.17) is 9.15 Å². The first-order chi connectivity index (χ1) is 11.9. The number of ether oxygens (including phenoxy) is 1. The minimum Gasteiger partial charge on any atom is -0.469 e. The van der Waals surface area contributed by atoms with Crippen molar-refractivity contribution in [3.8, 4) is 0 Å². The van der Waals surface area contributed by atoms with E-state index < -0.39 is 0 Å². The third-order valence-corrected chi connectivity index (χ3v) is 4.45. The molecule has 0 atom stereocenters. The fourth-order valence-corrected chi connectivity index (χ4v) is 2.95. The fraction of sp³-hybridized carbons (Fsp3) is 0.500. The van der Waals surface area contributed by atoms with Gasteiger partial charge in [-0.1, -0.05) is 6.07 Å². The second kappa shape index (κ2) is 14.1. The molecule has 0 aliphatic heterocycles. The predicted octanol–water partition coefficient (Wildman–Crippen LogP) is 3.71. The van der Waals surface area contributed by atoms with E-state index >= 15 is 0 Å². The average molecular weight is 477 g/mol. The molecule has 0 bridgehead atoms. The normalized spacial score (nSPS) is 11.2. The highest BCUT2D eigenvalue weighted by molar-refractivity contribution is 14.0. The number of hydrogen-bond acceptors (Lipinski definition) is 4. The molecular formula is C18H28IN3O2S. The van der Waals surface area contributed by atoms with Gasteiger partial charge in [-0.2, -0.15) is 0 Å². The zero-order valence-corrected chi connectivity index (χ0v) is 17.8. The van der Waals surface area contributed by atoms with Gasteiger partial charge in [0, 0.05) is 44.6 Å². The second-order valence-electron chi connectivity index (χ2n) is 5.44. The van der Waals surface area contributed by atoms with E-state index in [1.54, 1.807) is 24.7 Å². The van der Waals surface area contributed by atoms with Gasteiger partial charge in [0.1, 0.15) is 5.76 Å². The molecular weight excluding hydrogens is 449 g/mol. The third kappa shape index (κ3) is 9.86. The summed E-state index contributed by atoms with van der Waals surface area (Å²) in [5.74, 6) is 1.86. The molecule has 0 fully saturated rings. The first-order valence-corrected chi connectivity index (χ1v) is 9.32. The monoisotopic (exact) mass is 477 g/mol. The van der Waals surface area contributed by atoms with E-state index in [9.17, 15) is 0 Å². The van der Waals surface area contributed by atoms with Crippen molar-refractivity contribution in [3.63, 3.8) is 0 Å². The maximum absolute atomic E-state index is 5.36. The van der Waals surface area contributed by atoms with E-state index in [1.807, 2.05) is 12.1 Å². The summed E-state index contributed by atoms with van der Waals surface area (Å²) in [5, 5.41) is 8.91. The van der Waals surface area contributed by atoms with Crippen molar-refractivity contribution in [2.24, 2.45) is 4.99 Å². The van der Waals surface area contributed by atoms with Crippen molar-refractivity contribution in [1.82, 2.24) is 10.6 Å². The maximum Gasteiger partial charge on any atom is 0.191 e. The number of hydrogen-bond donors (Lipinski definition) is 2. The molecule has 0 saturated carbocycles. The van der Waals surface area contributed by atoms with Gasteiger partial charge in [0.15, 0.2) is 5.96 Å². The number of guanidine groups is 1. The van der Waals surface area contributed by atoms with Crippen LogP contribution >= 0.6 is 35.3 Å². The molecule has 2 aromatic heterocycles. The molecule has 0 spiro atoms. The summed E-state index contributed by atoms with van der Waals surface area (Å²) in [6.45, 7) is 3.28. The van der Waals surface area contributed by atoms with Gasteiger partial charge in [-0.3, -0.25) is 4.99 Å². The summed E-state index contributed by atoms with van der Waals surface area (Å²) in [6.07, 6.45) is 5.64. The summed E-state index contributed by atoms with van der Waals surface area (Å²) in [5.41, 5.74) is 0. The lowest BCUT2D eigenvalue weighted by atomic mass is 10.3. The maximum atomic E-state index is 5.36. The molecule has 2 heterocycles. The van der Waals surface area contributed by atoms with Crippen molar-refractivity contribution in [2.45, 2.75) is 25.7 Å². The number of methoxy groups -OCH3 is 1. The van der Waals surface area contributed by atoms with Crippen LogP contribution in [0.2, 0.25) is 0 Å². The largest absolute Gasteiger partial charge is 0.469 e. The zero-order chi connectivity index (χ0) is 16.9. The number of nitrogens with one attached hydrogen (secondary N) is 2. The van der Waals surface area contributed by atoms with Gasteiger partial charge in [0.05, 0.1) is 6.26 Å². The van der Waals surface area contributed by atoms with Crippen LogP contribution in [0.3, 0.4) is 0 Å². The molecule has 0 aromatic carbocycles. The Balaban J connectivity index is 0.00000312. The Morgan fingerprint density at radius 1 is 1.16 bits per heavy atom. The molecule has 25 heavy (non-hydrogen) atoms. The predicted molar refractivity (Wildman–Crippen MR) is 115 cm³/mol. The van der Waals surface area contributed by atoms with E-state index in [-0.39, 0.29) is 24.0 Å². The van der Waals surface area contributed by atoms with Crippen LogP contribution in [-0.2, 0) is 17.6 Å². The van der Waals surface area contributed by atoms with Crippen LogP contribution in [-0.4, -0.2) is 39.3 Å². The topological polar surface area (TPSA) is 58.8 Å². The highest BCUT2D eigenvalue weighted by atomic mass is 127. The molecule has 0 saturated heterocycles. The van der Waals surface area contributed by atoms with Crippen LogP contribution < -0.4 is 10.6 Å². The summed E-state index contributed by atoms with van der Waals surface area (Å²) in [6, 6.07) is 8.16. The minimum atomic E-state index is 0. The van der Waals surface area contributed by atoms with Crippen LogP contribution in [0.5, 0.6) is 0 Å². The van der Waals surface area contributed by atoms with Crippen molar-refractivity contribution in [3.05, 3.63) is 46.5 Å². The van der Waals surface area contributed by atoms with E-state index in [0.717, 1.165) is 63.6 Å². The van der Waals surface area contributed by atoms with Crippen molar-refractivity contribution in [1.29, 1.82) is 0 Å². The number of thiophene rings is 1. The first-order valence-electron chi connectivity index (χ1n) is 8.44. The molecule has 0 amide bonds. The SMILES string of the molecule is COCCCCN=C(NCCc1ccco1)NCCc1cccs1.I. The van der Waals surface area contributed by atoms with Crippen molar-refractivity contribution in [2.75, 3.05) is 33.4 Å². The number of rotatable bonds is 11. The van der Waals surface area contributed by atoms with E-state index in [2.05, 4.69) is 33.1 Å². The van der Waals surface area contributed by atoms with Gasteiger partial charge < -0.3 is 19.8 Å². The molecule has 2 rings (SSSR count). The second-order valence-corrected chi connectivity index (χ2v) is 6.47. The lowest BCUT2D eigenvalue weighted by molar-refractivity contribution is 0.193. The van der Waals surface area contributed by atoms with Crippen molar-refractivity contribution >= 4 is 41.3 Å². The van der Waals surface area contributed by atoms with Crippen LogP contribution in [0.4, 0.5) is 0 Å². The molecule has 0 aliphatic carbocycles. The zero-order valence-electron chi connectivity index (χ0n) is 14.7. The van der Waals surface area contributed by atoms with Gasteiger partial charge in [-0.15, -0.1) is 35.3 Å². The van der Waals surface area contributed by atoms with Gasteiger partial charge >= 0.3 is 0 Å². The van der Waals surface area contributed by atoms with Gasteiger partial charge in [0.25, 0.3) is 0 Å². The molecule has 0 radical (unpaired) electrons. The van der Waals surface area contributed by atoms with Crippen LogP contribution in [0, 0.1) is 0 Å². The summed E-state index contributed by atoms with van der Waals surface area (Å²) < 4.78 is 10.4. The Hall–Kier alpha value is -1.06. The van der Waals surface area contributed by atoms with E-state index in [1.165, 1.54) is 4.88 Å². The van der Waals surface area contributed by atoms with Gasteiger partial charge in [0.2, 0.25) is 0 Å². The van der Waals surface area contributed by atoms with E-state index in [0.29, 0.717) is 0 Å². The molecule has 7 heteroatoms. The Morgan fingerprint density at radius 2 is 2.00 bits per heavy atom. The number of nitrogens with zero attached hydrogens (tertiary/aromatic N) is 1. The number of unbranched alkanes of at least 4 members (excludes halogenated alkanes) is 1. The number of furan rings is 1. The third-order valence-electron chi connectivity index (χ3n) is 3.51. The highest BCUT2D eigenvalue weighted by Crippen LogP contribution is 2.08.